The summed E-state index contributed by atoms with van der Waals surface area (Å²) in [4.78, 5) is 8.32. The first-order chi connectivity index (χ1) is 10.5. The van der Waals surface area contributed by atoms with Gasteiger partial charge in [-0.1, -0.05) is 23.2 Å². The number of halogens is 2. The molecule has 1 heterocycles. The zero-order chi connectivity index (χ0) is 15.7. The number of hydrogen-bond acceptors (Lipinski definition) is 5. The molecule has 0 spiro atoms. The van der Waals surface area contributed by atoms with Crippen LogP contribution >= 0.6 is 23.2 Å². The molecule has 2 aromatic rings. The predicted molar refractivity (Wildman–Crippen MR) is 90.0 cm³/mol. The van der Waals surface area contributed by atoms with Gasteiger partial charge >= 0.3 is 0 Å². The maximum atomic E-state index is 6.02. The highest BCUT2D eigenvalue weighted by Crippen LogP contribution is 2.25. The average Bonchev–Trinajstić information content (AvgIpc) is 2.44. The van der Waals surface area contributed by atoms with Crippen LogP contribution in [-0.4, -0.2) is 16.0 Å². The second kappa shape index (κ2) is 6.28. The number of nitrogens with two attached hydrogens (primary N) is 2. The normalized spacial score (nSPS) is 17.3. The van der Waals surface area contributed by atoms with E-state index in [1.807, 2.05) is 12.1 Å². The minimum Gasteiger partial charge on any atom is -0.383 e. The number of aromatic nitrogens is 2. The lowest BCUT2D eigenvalue weighted by Crippen LogP contribution is -2.35. The lowest BCUT2D eigenvalue weighted by Gasteiger charge is -2.25. The van der Waals surface area contributed by atoms with Crippen molar-refractivity contribution in [3.05, 3.63) is 45.1 Å². The summed E-state index contributed by atoms with van der Waals surface area (Å²) in [6.07, 6.45) is 2.63. The maximum Gasteiger partial charge on any atom is 0.222 e. The zero-order valence-corrected chi connectivity index (χ0v) is 13.5. The number of benzene rings is 1. The van der Waals surface area contributed by atoms with Gasteiger partial charge in [-0.3, -0.25) is 0 Å². The minimum absolute atomic E-state index is 0.247. The largest absolute Gasteiger partial charge is 0.383 e. The molecule has 116 valence electrons. The Morgan fingerprint density at radius 1 is 1.14 bits per heavy atom. The van der Waals surface area contributed by atoms with Crippen molar-refractivity contribution in [2.75, 3.05) is 11.5 Å². The Bertz CT molecular complexity index is 684. The number of fused-ring (bicyclic) bond motifs is 1. The van der Waals surface area contributed by atoms with Crippen molar-refractivity contribution >= 4 is 35.0 Å². The summed E-state index contributed by atoms with van der Waals surface area (Å²) >= 11 is 12.0. The molecular formula is C15H17Cl2N5. The van der Waals surface area contributed by atoms with Crippen molar-refractivity contribution < 1.29 is 0 Å². The summed E-state index contributed by atoms with van der Waals surface area (Å²) in [5.41, 5.74) is 14.6. The molecule has 0 saturated carbocycles. The number of nitrogen functional groups attached to an aromatic ring is 2. The number of aryl methyl sites for hydroxylation is 1. The molecule has 5 N–H and O–H groups in total. The van der Waals surface area contributed by atoms with E-state index in [2.05, 4.69) is 15.3 Å². The maximum absolute atomic E-state index is 6.02. The number of nitrogens with zero attached hydrogens (tertiary/aromatic N) is 2. The fourth-order valence-corrected chi connectivity index (χ4v) is 3.38. The van der Waals surface area contributed by atoms with E-state index in [1.54, 1.807) is 6.07 Å². The number of rotatable bonds is 3. The summed E-state index contributed by atoms with van der Waals surface area (Å²) in [5, 5.41) is 4.81. The van der Waals surface area contributed by atoms with Gasteiger partial charge in [0.05, 0.1) is 5.69 Å². The highest BCUT2D eigenvalue weighted by Gasteiger charge is 2.22. The third-order valence-corrected chi connectivity index (χ3v) is 4.28. The van der Waals surface area contributed by atoms with Crippen LogP contribution in [0.2, 0.25) is 10.0 Å². The predicted octanol–water partition coefficient (Wildman–Crippen LogP) is 2.59. The van der Waals surface area contributed by atoms with Crippen LogP contribution < -0.4 is 16.8 Å². The molecule has 3 rings (SSSR count). The zero-order valence-electron chi connectivity index (χ0n) is 11.9. The van der Waals surface area contributed by atoms with Crippen LogP contribution in [0, 0.1) is 0 Å². The van der Waals surface area contributed by atoms with Gasteiger partial charge in [0.25, 0.3) is 0 Å². The first-order valence-electron chi connectivity index (χ1n) is 7.10. The fourth-order valence-electron chi connectivity index (χ4n) is 2.81. The third-order valence-electron chi connectivity index (χ3n) is 3.84. The second-order valence-corrected chi connectivity index (χ2v) is 6.36. The molecule has 1 atom stereocenters. The van der Waals surface area contributed by atoms with Crippen LogP contribution in [0.15, 0.2) is 18.2 Å². The molecule has 5 nitrogen and oxygen atoms in total. The smallest absolute Gasteiger partial charge is 0.222 e. The standard InChI is InChI=1S/C15H17Cl2N5/c16-9-3-8(4-10(17)5-9)7-20-11-1-2-13-12(6-11)14(18)22-15(19)21-13/h3-5,11,20H,1-2,6-7H2,(H4,18,19,21,22). The Balaban J connectivity index is 1.68. The van der Waals surface area contributed by atoms with Crippen LogP contribution in [-0.2, 0) is 19.4 Å². The van der Waals surface area contributed by atoms with Crippen molar-refractivity contribution in [3.8, 4) is 0 Å². The van der Waals surface area contributed by atoms with E-state index in [-0.39, 0.29) is 5.95 Å². The molecule has 0 radical (unpaired) electrons. The SMILES string of the molecule is Nc1nc(N)c2c(n1)CCC(NCc1cc(Cl)cc(Cl)c1)C2. The van der Waals surface area contributed by atoms with Crippen molar-refractivity contribution in [3.63, 3.8) is 0 Å². The summed E-state index contributed by atoms with van der Waals surface area (Å²) in [6, 6.07) is 5.87. The van der Waals surface area contributed by atoms with Gasteiger partial charge in [0.2, 0.25) is 5.95 Å². The molecule has 1 aromatic heterocycles. The van der Waals surface area contributed by atoms with Crippen LogP contribution in [0.3, 0.4) is 0 Å². The molecule has 7 heteroatoms. The van der Waals surface area contributed by atoms with Crippen molar-refractivity contribution in [1.29, 1.82) is 0 Å². The summed E-state index contributed by atoms with van der Waals surface area (Å²) < 4.78 is 0. The third kappa shape index (κ3) is 3.43. The van der Waals surface area contributed by atoms with Crippen LogP contribution in [0.4, 0.5) is 11.8 Å². The number of anilines is 2. The first kappa shape index (κ1) is 15.3. The number of nitrogens with one attached hydrogen (secondary N) is 1. The minimum atomic E-state index is 0.247. The lowest BCUT2D eigenvalue weighted by atomic mass is 9.92. The average molecular weight is 338 g/mol. The summed E-state index contributed by atoms with van der Waals surface area (Å²) in [6.45, 7) is 0.704. The Morgan fingerprint density at radius 2 is 1.86 bits per heavy atom. The van der Waals surface area contributed by atoms with Gasteiger partial charge in [-0.25, -0.2) is 4.98 Å². The molecule has 0 amide bonds. The molecule has 0 saturated heterocycles. The molecule has 1 aromatic carbocycles. The monoisotopic (exact) mass is 337 g/mol. The van der Waals surface area contributed by atoms with E-state index in [9.17, 15) is 0 Å². The first-order valence-corrected chi connectivity index (χ1v) is 7.86. The fraction of sp³-hybridized carbons (Fsp3) is 0.333. The van der Waals surface area contributed by atoms with Gasteiger partial charge in [0, 0.05) is 28.2 Å². The van der Waals surface area contributed by atoms with E-state index in [0.29, 0.717) is 28.4 Å². The van der Waals surface area contributed by atoms with Crippen LogP contribution in [0.1, 0.15) is 23.2 Å². The Morgan fingerprint density at radius 3 is 2.59 bits per heavy atom. The Hall–Kier alpha value is -1.56. The molecule has 0 fully saturated rings. The number of hydrogen-bond donors (Lipinski definition) is 3. The van der Waals surface area contributed by atoms with Gasteiger partial charge in [-0.2, -0.15) is 4.98 Å². The van der Waals surface area contributed by atoms with Crippen molar-refractivity contribution in [2.24, 2.45) is 0 Å². The van der Waals surface area contributed by atoms with E-state index >= 15 is 0 Å². The van der Waals surface area contributed by atoms with Gasteiger partial charge < -0.3 is 16.8 Å². The van der Waals surface area contributed by atoms with Gasteiger partial charge in [0.15, 0.2) is 0 Å². The summed E-state index contributed by atoms with van der Waals surface area (Å²) in [5.74, 6) is 0.732. The molecule has 1 aliphatic rings. The highest BCUT2D eigenvalue weighted by atomic mass is 35.5. The summed E-state index contributed by atoms with van der Waals surface area (Å²) in [7, 11) is 0. The van der Waals surface area contributed by atoms with E-state index in [4.69, 9.17) is 34.7 Å². The molecule has 22 heavy (non-hydrogen) atoms. The van der Waals surface area contributed by atoms with E-state index in [0.717, 1.165) is 36.1 Å². The topological polar surface area (TPSA) is 89.8 Å². The van der Waals surface area contributed by atoms with Gasteiger partial charge in [0.1, 0.15) is 5.82 Å². The highest BCUT2D eigenvalue weighted by molar-refractivity contribution is 6.34. The van der Waals surface area contributed by atoms with Crippen molar-refractivity contribution in [1.82, 2.24) is 15.3 Å². The molecule has 0 aliphatic heterocycles. The second-order valence-electron chi connectivity index (χ2n) is 5.49. The Labute approximate surface area is 139 Å². The molecule has 1 unspecified atom stereocenters. The van der Waals surface area contributed by atoms with Gasteiger partial charge in [-0.05, 0) is 43.0 Å². The molecule has 1 aliphatic carbocycles. The Kier molecular flexibility index (Phi) is 4.38. The lowest BCUT2D eigenvalue weighted by molar-refractivity contribution is 0.453. The van der Waals surface area contributed by atoms with E-state index < -0.39 is 0 Å². The van der Waals surface area contributed by atoms with Crippen molar-refractivity contribution in [2.45, 2.75) is 31.8 Å². The molecular weight excluding hydrogens is 321 g/mol. The van der Waals surface area contributed by atoms with E-state index in [1.165, 1.54) is 0 Å². The van der Waals surface area contributed by atoms with Crippen LogP contribution in [0.5, 0.6) is 0 Å². The van der Waals surface area contributed by atoms with Crippen LogP contribution in [0.25, 0.3) is 0 Å². The quantitative estimate of drug-likeness (QED) is 0.800. The molecule has 0 bridgehead atoms. The van der Waals surface area contributed by atoms with Gasteiger partial charge in [-0.15, -0.1) is 0 Å².